The zero-order valence-corrected chi connectivity index (χ0v) is 8.63. The number of ether oxygens (including phenoxy) is 2. The van der Waals surface area contributed by atoms with Gasteiger partial charge >= 0.3 is 5.97 Å². The summed E-state index contributed by atoms with van der Waals surface area (Å²) in [5, 5.41) is 15.9. The van der Waals surface area contributed by atoms with Gasteiger partial charge in [0.05, 0.1) is 13.2 Å². The maximum absolute atomic E-state index is 10.5. The molecule has 1 fully saturated rings. The van der Waals surface area contributed by atoms with E-state index >= 15 is 0 Å². The molecular weight excluding hydrogens is 212 g/mol. The maximum Gasteiger partial charge on any atom is 0.356 e. The van der Waals surface area contributed by atoms with Gasteiger partial charge in [-0.2, -0.15) is 0 Å². The number of carbonyl (C=O) groups is 1. The van der Waals surface area contributed by atoms with Crippen LogP contribution in [0.25, 0.3) is 0 Å². The Kier molecular flexibility index (Phi) is 3.31. The predicted octanol–water partition coefficient (Wildman–Crippen LogP) is 0.733. The molecule has 1 aromatic rings. The van der Waals surface area contributed by atoms with Crippen LogP contribution in [-0.4, -0.2) is 40.6 Å². The van der Waals surface area contributed by atoms with E-state index in [-0.39, 0.29) is 11.8 Å². The summed E-state index contributed by atoms with van der Waals surface area (Å²) in [5.74, 6) is -0.734. The minimum atomic E-state index is -1.09. The van der Waals surface area contributed by atoms with E-state index in [0.717, 1.165) is 12.8 Å². The third kappa shape index (κ3) is 2.66. The summed E-state index contributed by atoms with van der Waals surface area (Å²) in [5.41, 5.74) is -0.0840. The molecular formula is C10H12N2O4. The van der Waals surface area contributed by atoms with Gasteiger partial charge in [-0.15, -0.1) is 10.2 Å². The molecule has 2 rings (SSSR count). The van der Waals surface area contributed by atoms with Gasteiger partial charge in [-0.1, -0.05) is 0 Å². The molecule has 0 unspecified atom stereocenters. The summed E-state index contributed by atoms with van der Waals surface area (Å²) in [6.07, 6.45) is 1.73. The van der Waals surface area contributed by atoms with Crippen molar-refractivity contribution in [2.75, 3.05) is 13.2 Å². The number of aromatic carboxylic acids is 1. The number of aromatic nitrogens is 2. The Labute approximate surface area is 92.2 Å². The number of hydrogen-bond donors (Lipinski definition) is 1. The summed E-state index contributed by atoms with van der Waals surface area (Å²) < 4.78 is 10.7. The zero-order chi connectivity index (χ0) is 11.4. The van der Waals surface area contributed by atoms with Crippen molar-refractivity contribution in [3.63, 3.8) is 0 Å². The van der Waals surface area contributed by atoms with Crippen molar-refractivity contribution in [1.29, 1.82) is 0 Å². The van der Waals surface area contributed by atoms with Crippen LogP contribution < -0.4 is 4.74 Å². The molecule has 0 aliphatic carbocycles. The van der Waals surface area contributed by atoms with E-state index in [1.165, 1.54) is 12.1 Å². The molecule has 86 valence electrons. The Hall–Kier alpha value is -1.69. The number of rotatable bonds is 3. The van der Waals surface area contributed by atoms with Crippen molar-refractivity contribution >= 4 is 5.97 Å². The minimum Gasteiger partial charge on any atom is -0.476 e. The van der Waals surface area contributed by atoms with Crippen LogP contribution in [-0.2, 0) is 4.74 Å². The molecule has 16 heavy (non-hydrogen) atoms. The van der Waals surface area contributed by atoms with Gasteiger partial charge in [0.1, 0.15) is 6.10 Å². The first-order valence-corrected chi connectivity index (χ1v) is 5.07. The fraction of sp³-hybridized carbons (Fsp3) is 0.500. The molecule has 1 aromatic heterocycles. The number of carboxylic acid groups (broad SMARTS) is 1. The first-order chi connectivity index (χ1) is 7.75. The summed E-state index contributed by atoms with van der Waals surface area (Å²) in [6.45, 7) is 1.37. The van der Waals surface area contributed by atoms with Crippen LogP contribution >= 0.6 is 0 Å². The Balaban J connectivity index is 1.96. The van der Waals surface area contributed by atoms with E-state index in [1.54, 1.807) is 0 Å². The Bertz CT molecular complexity index is 360. The maximum atomic E-state index is 10.5. The average molecular weight is 224 g/mol. The van der Waals surface area contributed by atoms with Crippen molar-refractivity contribution in [2.45, 2.75) is 18.9 Å². The lowest BCUT2D eigenvalue weighted by Crippen LogP contribution is -2.26. The van der Waals surface area contributed by atoms with Crippen molar-refractivity contribution in [2.24, 2.45) is 0 Å². The van der Waals surface area contributed by atoms with Gasteiger partial charge in [0.2, 0.25) is 5.88 Å². The number of hydrogen-bond acceptors (Lipinski definition) is 5. The third-order valence-electron chi connectivity index (χ3n) is 2.31. The van der Waals surface area contributed by atoms with Crippen LogP contribution in [0.5, 0.6) is 5.88 Å². The molecule has 0 radical (unpaired) electrons. The van der Waals surface area contributed by atoms with E-state index in [9.17, 15) is 4.79 Å². The second-order valence-corrected chi connectivity index (χ2v) is 3.49. The number of carboxylic acids is 1. The highest BCUT2D eigenvalue weighted by Gasteiger charge is 2.16. The third-order valence-corrected chi connectivity index (χ3v) is 2.31. The van der Waals surface area contributed by atoms with Gasteiger partial charge < -0.3 is 14.6 Å². The quantitative estimate of drug-likeness (QED) is 0.815. The first kappa shape index (κ1) is 10.8. The van der Waals surface area contributed by atoms with Gasteiger partial charge in [-0.3, -0.25) is 0 Å². The smallest absolute Gasteiger partial charge is 0.356 e. The molecule has 6 heteroatoms. The molecule has 1 N–H and O–H groups in total. The van der Waals surface area contributed by atoms with Crippen LogP contribution in [0.2, 0.25) is 0 Å². The molecule has 0 saturated carbocycles. The predicted molar refractivity (Wildman–Crippen MR) is 53.5 cm³/mol. The standard InChI is InChI=1S/C10H12N2O4/c13-10(14)8-1-2-9(12-11-8)16-7-3-5-15-6-4-7/h1-2,7H,3-6H2,(H,13,14). The molecule has 0 aromatic carbocycles. The molecule has 0 atom stereocenters. The highest BCUT2D eigenvalue weighted by molar-refractivity contribution is 5.84. The van der Waals surface area contributed by atoms with Crippen molar-refractivity contribution < 1.29 is 19.4 Å². The summed E-state index contributed by atoms with van der Waals surface area (Å²) in [4.78, 5) is 10.5. The van der Waals surface area contributed by atoms with Crippen molar-refractivity contribution in [1.82, 2.24) is 10.2 Å². The molecule has 1 aliphatic rings. The van der Waals surface area contributed by atoms with Crippen molar-refractivity contribution in [3.8, 4) is 5.88 Å². The fourth-order valence-electron chi connectivity index (χ4n) is 1.46. The lowest BCUT2D eigenvalue weighted by molar-refractivity contribution is 0.0233. The van der Waals surface area contributed by atoms with Crippen molar-refractivity contribution in [3.05, 3.63) is 17.8 Å². The largest absolute Gasteiger partial charge is 0.476 e. The molecule has 1 saturated heterocycles. The van der Waals surface area contributed by atoms with Crippen LogP contribution in [0.3, 0.4) is 0 Å². The minimum absolute atomic E-state index is 0.0822. The van der Waals surface area contributed by atoms with Crippen LogP contribution in [0, 0.1) is 0 Å². The lowest BCUT2D eigenvalue weighted by Gasteiger charge is -2.22. The molecule has 0 amide bonds. The summed E-state index contributed by atoms with van der Waals surface area (Å²) >= 11 is 0. The second-order valence-electron chi connectivity index (χ2n) is 3.49. The molecule has 0 spiro atoms. The van der Waals surface area contributed by atoms with Gasteiger partial charge in [0.15, 0.2) is 5.69 Å². The van der Waals surface area contributed by atoms with Crippen LogP contribution in [0.4, 0.5) is 0 Å². The highest BCUT2D eigenvalue weighted by Crippen LogP contribution is 2.14. The van der Waals surface area contributed by atoms with Gasteiger partial charge in [-0.25, -0.2) is 4.79 Å². The van der Waals surface area contributed by atoms with Gasteiger partial charge in [0.25, 0.3) is 0 Å². The zero-order valence-electron chi connectivity index (χ0n) is 8.63. The average Bonchev–Trinajstić information content (AvgIpc) is 2.31. The van der Waals surface area contributed by atoms with E-state index in [2.05, 4.69) is 10.2 Å². The topological polar surface area (TPSA) is 81.5 Å². The van der Waals surface area contributed by atoms with E-state index in [0.29, 0.717) is 19.1 Å². The van der Waals surface area contributed by atoms with Gasteiger partial charge in [-0.05, 0) is 6.07 Å². The first-order valence-electron chi connectivity index (χ1n) is 5.07. The molecule has 6 nitrogen and oxygen atoms in total. The van der Waals surface area contributed by atoms with Gasteiger partial charge in [0, 0.05) is 18.9 Å². The van der Waals surface area contributed by atoms with E-state index < -0.39 is 5.97 Å². The van der Waals surface area contributed by atoms with Crippen LogP contribution in [0.1, 0.15) is 23.3 Å². The highest BCUT2D eigenvalue weighted by atomic mass is 16.5. The Morgan fingerprint density at radius 2 is 2.12 bits per heavy atom. The molecule has 2 heterocycles. The fourth-order valence-corrected chi connectivity index (χ4v) is 1.46. The Morgan fingerprint density at radius 3 is 2.69 bits per heavy atom. The summed E-state index contributed by atoms with van der Waals surface area (Å²) in [6, 6.07) is 2.90. The SMILES string of the molecule is O=C(O)c1ccc(OC2CCOCC2)nn1. The molecule has 0 bridgehead atoms. The number of nitrogens with zero attached hydrogens (tertiary/aromatic N) is 2. The second kappa shape index (κ2) is 4.89. The monoisotopic (exact) mass is 224 g/mol. The van der Waals surface area contributed by atoms with Crippen LogP contribution in [0.15, 0.2) is 12.1 Å². The van der Waals surface area contributed by atoms with E-state index in [1.807, 2.05) is 0 Å². The normalized spacial score (nSPS) is 17.0. The summed E-state index contributed by atoms with van der Waals surface area (Å²) in [7, 11) is 0. The Morgan fingerprint density at radius 1 is 1.38 bits per heavy atom. The lowest BCUT2D eigenvalue weighted by atomic mass is 10.2. The molecule has 1 aliphatic heterocycles. The van der Waals surface area contributed by atoms with E-state index in [4.69, 9.17) is 14.6 Å².